The zero-order valence-corrected chi connectivity index (χ0v) is 17.8. The van der Waals surface area contributed by atoms with Crippen molar-refractivity contribution >= 4 is 17.5 Å². The molecule has 1 aromatic heterocycles. The predicted molar refractivity (Wildman–Crippen MR) is 116 cm³/mol. The summed E-state index contributed by atoms with van der Waals surface area (Å²) in [6.07, 6.45) is 0.833. The van der Waals surface area contributed by atoms with Gasteiger partial charge in [0.25, 0.3) is 5.91 Å². The third-order valence-electron chi connectivity index (χ3n) is 4.69. The summed E-state index contributed by atoms with van der Waals surface area (Å²) in [7, 11) is 0. The summed E-state index contributed by atoms with van der Waals surface area (Å²) in [4.78, 5) is 12.3. The maximum absolute atomic E-state index is 12.3. The Balaban J connectivity index is 1.44. The molecule has 6 heteroatoms. The number of carbonyl (C=O) groups is 1. The van der Waals surface area contributed by atoms with Crippen molar-refractivity contribution in [1.82, 2.24) is 15.1 Å². The summed E-state index contributed by atoms with van der Waals surface area (Å²) in [6.45, 7) is 7.80. The second kappa shape index (κ2) is 9.61. The zero-order chi connectivity index (χ0) is 20.8. The molecule has 0 aliphatic rings. The van der Waals surface area contributed by atoms with Crippen LogP contribution < -0.4 is 10.1 Å². The highest BCUT2D eigenvalue weighted by atomic mass is 35.5. The Bertz CT molecular complexity index is 980. The van der Waals surface area contributed by atoms with Gasteiger partial charge in [-0.2, -0.15) is 5.10 Å². The van der Waals surface area contributed by atoms with Gasteiger partial charge in [0.2, 0.25) is 0 Å². The number of aromatic nitrogens is 2. The van der Waals surface area contributed by atoms with Crippen molar-refractivity contribution in [3.8, 4) is 5.75 Å². The van der Waals surface area contributed by atoms with Crippen LogP contribution in [-0.2, 0) is 13.2 Å². The van der Waals surface area contributed by atoms with Gasteiger partial charge in [-0.15, -0.1) is 0 Å². The summed E-state index contributed by atoms with van der Waals surface area (Å²) >= 11 is 6.03. The van der Waals surface area contributed by atoms with Gasteiger partial charge in [0.05, 0.1) is 5.69 Å². The molecule has 5 nitrogen and oxygen atoms in total. The standard InChI is InChI=1S/C23H26ClN3O2/c1-16-13-21(9-10-22(16)24)29-15-19-5-7-20(8-6-19)23(28)25-11-4-12-27-18(3)14-17(2)26-27/h5-10,13-14H,4,11-12,15H2,1-3H3,(H,25,28). The fourth-order valence-corrected chi connectivity index (χ4v) is 3.18. The number of aryl methyl sites for hydroxylation is 4. The number of ether oxygens (including phenoxy) is 1. The first kappa shape index (κ1) is 20.9. The number of benzene rings is 2. The molecule has 0 aliphatic carbocycles. The number of carbonyl (C=O) groups excluding carboxylic acids is 1. The normalized spacial score (nSPS) is 10.8. The summed E-state index contributed by atoms with van der Waals surface area (Å²) in [5.41, 5.74) is 4.78. The topological polar surface area (TPSA) is 56.2 Å². The maximum atomic E-state index is 12.3. The number of halogens is 1. The predicted octanol–water partition coefficient (Wildman–Crippen LogP) is 4.86. The monoisotopic (exact) mass is 411 g/mol. The van der Waals surface area contributed by atoms with E-state index >= 15 is 0 Å². The fourth-order valence-electron chi connectivity index (χ4n) is 3.06. The minimum absolute atomic E-state index is 0.0702. The average molecular weight is 412 g/mol. The molecule has 1 N–H and O–H groups in total. The van der Waals surface area contributed by atoms with Gasteiger partial charge in [0, 0.05) is 29.4 Å². The van der Waals surface area contributed by atoms with E-state index in [1.54, 1.807) is 0 Å². The van der Waals surface area contributed by atoms with E-state index in [1.165, 1.54) is 0 Å². The lowest BCUT2D eigenvalue weighted by molar-refractivity contribution is 0.0952. The lowest BCUT2D eigenvalue weighted by atomic mass is 10.1. The van der Waals surface area contributed by atoms with Gasteiger partial charge in [-0.05, 0) is 74.7 Å². The Morgan fingerprint density at radius 1 is 1.10 bits per heavy atom. The highest BCUT2D eigenvalue weighted by molar-refractivity contribution is 6.31. The molecule has 1 amide bonds. The van der Waals surface area contributed by atoms with E-state index in [1.807, 2.05) is 67.9 Å². The van der Waals surface area contributed by atoms with Crippen molar-refractivity contribution < 1.29 is 9.53 Å². The molecule has 0 spiro atoms. The molecule has 29 heavy (non-hydrogen) atoms. The molecular weight excluding hydrogens is 386 g/mol. The van der Waals surface area contributed by atoms with Gasteiger partial charge in [0.1, 0.15) is 12.4 Å². The minimum atomic E-state index is -0.0702. The molecule has 3 rings (SSSR count). The lowest BCUT2D eigenvalue weighted by Crippen LogP contribution is -2.25. The summed E-state index contributed by atoms with van der Waals surface area (Å²) in [5.74, 6) is 0.704. The quantitative estimate of drug-likeness (QED) is 0.538. The van der Waals surface area contributed by atoms with Crippen LogP contribution in [0.4, 0.5) is 0 Å². The first-order chi connectivity index (χ1) is 13.9. The molecule has 0 saturated heterocycles. The van der Waals surface area contributed by atoms with Crippen LogP contribution in [0.2, 0.25) is 5.02 Å². The van der Waals surface area contributed by atoms with Crippen LogP contribution in [0.25, 0.3) is 0 Å². The van der Waals surface area contributed by atoms with Gasteiger partial charge >= 0.3 is 0 Å². The van der Waals surface area contributed by atoms with E-state index < -0.39 is 0 Å². The molecule has 0 unspecified atom stereocenters. The van der Waals surface area contributed by atoms with E-state index in [4.69, 9.17) is 16.3 Å². The van der Waals surface area contributed by atoms with Gasteiger partial charge in [-0.25, -0.2) is 0 Å². The van der Waals surface area contributed by atoms with E-state index in [0.29, 0.717) is 18.7 Å². The molecule has 0 atom stereocenters. The van der Waals surface area contributed by atoms with Crippen LogP contribution in [0.15, 0.2) is 48.5 Å². The van der Waals surface area contributed by atoms with Gasteiger partial charge in [0.15, 0.2) is 0 Å². The third-order valence-corrected chi connectivity index (χ3v) is 5.11. The average Bonchev–Trinajstić information content (AvgIpc) is 3.03. The number of amides is 1. The third kappa shape index (κ3) is 5.84. The van der Waals surface area contributed by atoms with Crippen molar-refractivity contribution in [2.24, 2.45) is 0 Å². The summed E-state index contributed by atoms with van der Waals surface area (Å²) in [5, 5.41) is 8.11. The van der Waals surface area contributed by atoms with Gasteiger partial charge in [-0.1, -0.05) is 23.7 Å². The van der Waals surface area contributed by atoms with Crippen molar-refractivity contribution in [3.05, 3.63) is 81.6 Å². The molecule has 0 aliphatic heterocycles. The number of hydrogen-bond acceptors (Lipinski definition) is 3. The van der Waals surface area contributed by atoms with Crippen LogP contribution in [0.1, 0.15) is 39.3 Å². The van der Waals surface area contributed by atoms with E-state index in [-0.39, 0.29) is 5.91 Å². The van der Waals surface area contributed by atoms with Crippen molar-refractivity contribution in [2.45, 2.75) is 40.3 Å². The Morgan fingerprint density at radius 3 is 2.52 bits per heavy atom. The van der Waals surface area contributed by atoms with Crippen molar-refractivity contribution in [2.75, 3.05) is 6.54 Å². The maximum Gasteiger partial charge on any atom is 0.251 e. The number of hydrogen-bond donors (Lipinski definition) is 1. The van der Waals surface area contributed by atoms with E-state index in [9.17, 15) is 4.79 Å². The first-order valence-corrected chi connectivity index (χ1v) is 10.1. The molecular formula is C23H26ClN3O2. The number of nitrogens with zero attached hydrogens (tertiary/aromatic N) is 2. The van der Waals surface area contributed by atoms with Crippen molar-refractivity contribution in [1.29, 1.82) is 0 Å². The summed E-state index contributed by atoms with van der Waals surface area (Å²) < 4.78 is 7.76. The molecule has 0 bridgehead atoms. The molecule has 0 radical (unpaired) electrons. The SMILES string of the molecule is Cc1cc(C)n(CCCNC(=O)c2ccc(COc3ccc(Cl)c(C)c3)cc2)n1. The highest BCUT2D eigenvalue weighted by Crippen LogP contribution is 2.21. The van der Waals surface area contributed by atoms with Crippen LogP contribution in [0.5, 0.6) is 5.75 Å². The van der Waals surface area contributed by atoms with Crippen LogP contribution in [0, 0.1) is 20.8 Å². The smallest absolute Gasteiger partial charge is 0.251 e. The molecule has 3 aromatic rings. The van der Waals surface area contributed by atoms with Gasteiger partial charge < -0.3 is 10.1 Å². The molecule has 152 valence electrons. The minimum Gasteiger partial charge on any atom is -0.489 e. The number of rotatable bonds is 8. The van der Waals surface area contributed by atoms with Crippen molar-refractivity contribution in [3.63, 3.8) is 0 Å². The Morgan fingerprint density at radius 2 is 1.86 bits per heavy atom. The molecule has 0 fully saturated rings. The fraction of sp³-hybridized carbons (Fsp3) is 0.304. The van der Waals surface area contributed by atoms with Crippen LogP contribution in [-0.4, -0.2) is 22.2 Å². The van der Waals surface area contributed by atoms with E-state index in [0.717, 1.165) is 46.3 Å². The molecule has 2 aromatic carbocycles. The Labute approximate surface area is 176 Å². The largest absolute Gasteiger partial charge is 0.489 e. The first-order valence-electron chi connectivity index (χ1n) is 9.69. The highest BCUT2D eigenvalue weighted by Gasteiger charge is 2.06. The zero-order valence-electron chi connectivity index (χ0n) is 17.0. The molecule has 1 heterocycles. The van der Waals surface area contributed by atoms with Crippen LogP contribution in [0.3, 0.4) is 0 Å². The second-order valence-corrected chi connectivity index (χ2v) is 7.56. The van der Waals surface area contributed by atoms with Crippen LogP contribution >= 0.6 is 11.6 Å². The van der Waals surface area contributed by atoms with Gasteiger partial charge in [-0.3, -0.25) is 9.48 Å². The van der Waals surface area contributed by atoms with E-state index in [2.05, 4.69) is 16.5 Å². The lowest BCUT2D eigenvalue weighted by Gasteiger charge is -2.09. The Hall–Kier alpha value is -2.79. The number of nitrogens with one attached hydrogen (secondary N) is 1. The summed E-state index contributed by atoms with van der Waals surface area (Å²) in [6, 6.07) is 15.1. The Kier molecular flexibility index (Phi) is 6.94. The second-order valence-electron chi connectivity index (χ2n) is 7.16. The molecule has 0 saturated carbocycles.